The van der Waals surface area contributed by atoms with E-state index in [0.717, 1.165) is 39.0 Å². The van der Waals surface area contributed by atoms with Crippen molar-refractivity contribution < 1.29 is 18.3 Å². The molecule has 1 saturated carbocycles. The van der Waals surface area contributed by atoms with E-state index in [1.54, 1.807) is 6.07 Å². The van der Waals surface area contributed by atoms with Crippen molar-refractivity contribution in [1.82, 2.24) is 0 Å². The fourth-order valence-electron chi connectivity index (χ4n) is 3.70. The van der Waals surface area contributed by atoms with Crippen LogP contribution in [-0.4, -0.2) is 19.8 Å². The summed E-state index contributed by atoms with van der Waals surface area (Å²) in [6, 6.07) is 3.20. The van der Waals surface area contributed by atoms with Crippen LogP contribution in [-0.2, 0) is 11.3 Å². The van der Waals surface area contributed by atoms with Crippen molar-refractivity contribution in [2.45, 2.75) is 50.4 Å². The number of hydrogen-bond donors (Lipinski definition) is 1. The minimum atomic E-state index is -2.93. The van der Waals surface area contributed by atoms with Crippen LogP contribution in [0.15, 0.2) is 12.1 Å². The van der Waals surface area contributed by atoms with Crippen molar-refractivity contribution in [3.8, 4) is 11.5 Å². The highest BCUT2D eigenvalue weighted by Gasteiger charge is 2.40. The average molecular weight is 311 g/mol. The molecule has 2 N–H and O–H groups in total. The molecule has 1 heterocycles. The van der Waals surface area contributed by atoms with E-state index in [1.165, 1.54) is 6.07 Å². The van der Waals surface area contributed by atoms with Crippen LogP contribution in [0.4, 0.5) is 8.78 Å². The minimum absolute atomic E-state index is 0.0316. The fourth-order valence-corrected chi connectivity index (χ4v) is 3.70. The van der Waals surface area contributed by atoms with Crippen LogP contribution in [0.5, 0.6) is 11.5 Å². The molecular weight excluding hydrogens is 288 g/mol. The molecule has 0 unspecified atom stereocenters. The number of rotatable bonds is 3. The first kappa shape index (κ1) is 15.5. The van der Waals surface area contributed by atoms with Gasteiger partial charge in [-0.2, -0.15) is 0 Å². The number of nitrogens with two attached hydrogens (primary N) is 1. The molecule has 3 rings (SSSR count). The zero-order valence-corrected chi connectivity index (χ0v) is 13.0. The second-order valence-electron chi connectivity index (χ2n) is 6.47. The molecule has 1 aromatic carbocycles. The van der Waals surface area contributed by atoms with Crippen molar-refractivity contribution in [2.24, 2.45) is 5.73 Å². The second kappa shape index (κ2) is 5.69. The fraction of sp³-hybridized carbons (Fsp3) is 0.647. The summed E-state index contributed by atoms with van der Waals surface area (Å²) in [5.41, 5.74) is 6.35. The Balaban J connectivity index is 2.15. The van der Waals surface area contributed by atoms with Gasteiger partial charge in [-0.1, -0.05) is 19.3 Å². The van der Waals surface area contributed by atoms with E-state index in [0.29, 0.717) is 36.8 Å². The third-order valence-electron chi connectivity index (χ3n) is 4.93. The van der Waals surface area contributed by atoms with E-state index in [9.17, 15) is 8.78 Å². The second-order valence-corrected chi connectivity index (χ2v) is 6.47. The largest absolute Gasteiger partial charge is 0.486 e. The lowest BCUT2D eigenvalue weighted by molar-refractivity contribution is 0.0142. The maximum absolute atomic E-state index is 14.2. The molecule has 0 atom stereocenters. The molecule has 0 bridgehead atoms. The van der Waals surface area contributed by atoms with Gasteiger partial charge in [-0.05, 0) is 30.5 Å². The quantitative estimate of drug-likeness (QED) is 0.925. The molecule has 2 aliphatic rings. The summed E-state index contributed by atoms with van der Waals surface area (Å²) in [6.45, 7) is 2.16. The summed E-state index contributed by atoms with van der Waals surface area (Å²) in [5, 5.41) is 0. The van der Waals surface area contributed by atoms with E-state index >= 15 is 0 Å². The summed E-state index contributed by atoms with van der Waals surface area (Å²) in [4.78, 5) is 0. The van der Waals surface area contributed by atoms with Crippen molar-refractivity contribution in [3.05, 3.63) is 23.3 Å². The lowest BCUT2D eigenvalue weighted by Gasteiger charge is -2.39. The number of hydrogen-bond acceptors (Lipinski definition) is 3. The van der Waals surface area contributed by atoms with Gasteiger partial charge < -0.3 is 15.2 Å². The van der Waals surface area contributed by atoms with E-state index in [4.69, 9.17) is 15.2 Å². The molecule has 1 aromatic rings. The Bertz CT molecular complexity index is 548. The first-order valence-corrected chi connectivity index (χ1v) is 7.99. The van der Waals surface area contributed by atoms with Crippen molar-refractivity contribution in [1.29, 1.82) is 0 Å². The van der Waals surface area contributed by atoms with Gasteiger partial charge in [0.2, 0.25) is 0 Å². The van der Waals surface area contributed by atoms with Crippen molar-refractivity contribution >= 4 is 0 Å². The van der Waals surface area contributed by atoms with Gasteiger partial charge in [0.15, 0.2) is 11.5 Å². The standard InChI is InChI=1S/C17H23F2NO2/c1-16(18,19)12-9-14-15(22-8-7-21-14)10-13(12)17(11-20)5-3-2-4-6-17/h9-10H,2-8,11,20H2,1H3. The van der Waals surface area contributed by atoms with Gasteiger partial charge in [-0.15, -0.1) is 0 Å². The molecule has 3 nitrogen and oxygen atoms in total. The molecule has 0 saturated heterocycles. The molecule has 1 fully saturated rings. The van der Waals surface area contributed by atoms with Crippen LogP contribution in [0, 0.1) is 0 Å². The molecule has 0 spiro atoms. The minimum Gasteiger partial charge on any atom is -0.486 e. The summed E-state index contributed by atoms with van der Waals surface area (Å²) in [5.74, 6) is -1.95. The van der Waals surface area contributed by atoms with Crippen LogP contribution in [0.25, 0.3) is 0 Å². The Morgan fingerprint density at radius 3 is 2.23 bits per heavy atom. The first-order chi connectivity index (χ1) is 10.5. The predicted octanol–water partition coefficient (Wildman–Crippen LogP) is 3.73. The Labute approximate surface area is 129 Å². The highest BCUT2D eigenvalue weighted by atomic mass is 19.3. The first-order valence-electron chi connectivity index (χ1n) is 7.99. The van der Waals surface area contributed by atoms with Gasteiger partial charge in [0.25, 0.3) is 5.92 Å². The Morgan fingerprint density at radius 2 is 1.68 bits per heavy atom. The number of halogens is 2. The molecule has 5 heteroatoms. The number of alkyl halides is 2. The van der Waals surface area contributed by atoms with E-state index in [2.05, 4.69) is 0 Å². The van der Waals surface area contributed by atoms with Gasteiger partial charge in [0.05, 0.1) is 0 Å². The Kier molecular flexibility index (Phi) is 4.02. The average Bonchev–Trinajstić information content (AvgIpc) is 2.53. The normalized spacial score (nSPS) is 20.7. The highest BCUT2D eigenvalue weighted by molar-refractivity contribution is 5.52. The molecule has 22 heavy (non-hydrogen) atoms. The molecular formula is C17H23F2NO2. The maximum atomic E-state index is 14.2. The SMILES string of the molecule is CC(F)(F)c1cc2c(cc1C1(CN)CCCCC1)OCCO2. The van der Waals surface area contributed by atoms with Crippen molar-refractivity contribution in [3.63, 3.8) is 0 Å². The summed E-state index contributed by atoms with van der Waals surface area (Å²) in [6.07, 6.45) is 4.91. The van der Waals surface area contributed by atoms with Crippen LogP contribution >= 0.6 is 0 Å². The lowest BCUT2D eigenvalue weighted by atomic mass is 9.67. The zero-order valence-electron chi connectivity index (χ0n) is 13.0. The number of fused-ring (bicyclic) bond motifs is 1. The third kappa shape index (κ3) is 2.67. The molecule has 0 aromatic heterocycles. The van der Waals surface area contributed by atoms with Crippen LogP contribution < -0.4 is 15.2 Å². The van der Waals surface area contributed by atoms with Gasteiger partial charge >= 0.3 is 0 Å². The van der Waals surface area contributed by atoms with Gasteiger partial charge in [-0.25, -0.2) is 8.78 Å². The summed E-state index contributed by atoms with van der Waals surface area (Å²) >= 11 is 0. The van der Waals surface area contributed by atoms with Gasteiger partial charge in [0, 0.05) is 24.4 Å². The monoisotopic (exact) mass is 311 g/mol. The molecule has 0 amide bonds. The smallest absolute Gasteiger partial charge is 0.270 e. The lowest BCUT2D eigenvalue weighted by Crippen LogP contribution is -2.39. The van der Waals surface area contributed by atoms with E-state index in [1.807, 2.05) is 0 Å². The predicted molar refractivity (Wildman–Crippen MR) is 80.8 cm³/mol. The molecule has 1 aliphatic carbocycles. The van der Waals surface area contributed by atoms with Gasteiger partial charge in [-0.3, -0.25) is 0 Å². The summed E-state index contributed by atoms with van der Waals surface area (Å²) in [7, 11) is 0. The number of ether oxygens (including phenoxy) is 2. The van der Waals surface area contributed by atoms with E-state index in [-0.39, 0.29) is 11.0 Å². The Morgan fingerprint density at radius 1 is 1.09 bits per heavy atom. The zero-order chi connectivity index (χ0) is 15.8. The third-order valence-corrected chi connectivity index (χ3v) is 4.93. The maximum Gasteiger partial charge on any atom is 0.270 e. The molecule has 122 valence electrons. The van der Waals surface area contributed by atoms with Crippen LogP contribution in [0.1, 0.15) is 50.2 Å². The van der Waals surface area contributed by atoms with Gasteiger partial charge in [0.1, 0.15) is 13.2 Å². The summed E-state index contributed by atoms with van der Waals surface area (Å²) < 4.78 is 39.5. The van der Waals surface area contributed by atoms with E-state index < -0.39 is 5.92 Å². The number of benzene rings is 1. The van der Waals surface area contributed by atoms with Crippen LogP contribution in [0.3, 0.4) is 0 Å². The molecule has 0 radical (unpaired) electrons. The van der Waals surface area contributed by atoms with Crippen molar-refractivity contribution in [2.75, 3.05) is 19.8 Å². The Hall–Kier alpha value is -1.36. The highest BCUT2D eigenvalue weighted by Crippen LogP contribution is 2.48. The molecule has 1 aliphatic heterocycles. The van der Waals surface area contributed by atoms with Crippen LogP contribution in [0.2, 0.25) is 0 Å². The topological polar surface area (TPSA) is 44.5 Å².